The summed E-state index contributed by atoms with van der Waals surface area (Å²) >= 11 is 7.00. The van der Waals surface area contributed by atoms with Gasteiger partial charge in [0.2, 0.25) is 0 Å². The van der Waals surface area contributed by atoms with E-state index in [9.17, 15) is 0 Å². The van der Waals surface area contributed by atoms with E-state index in [1.165, 1.54) is 5.56 Å². The second-order valence-corrected chi connectivity index (χ2v) is 5.89. The van der Waals surface area contributed by atoms with Gasteiger partial charge in [-0.05, 0) is 46.6 Å². The number of methoxy groups -OCH3 is 1. The fourth-order valence-corrected chi connectivity index (χ4v) is 3.29. The quantitative estimate of drug-likeness (QED) is 0.839. The summed E-state index contributed by atoms with van der Waals surface area (Å²) in [6.45, 7) is 2.73. The molecule has 1 aromatic carbocycles. The fourth-order valence-electron chi connectivity index (χ4n) is 1.81. The maximum Gasteiger partial charge on any atom is 0.138 e. The minimum atomic E-state index is 0.674. The number of aromatic nitrogens is 1. The van der Waals surface area contributed by atoms with Crippen LogP contribution in [0.4, 0.5) is 5.69 Å². The van der Waals surface area contributed by atoms with Gasteiger partial charge in [0, 0.05) is 22.8 Å². The van der Waals surface area contributed by atoms with E-state index in [1.807, 2.05) is 24.4 Å². The van der Waals surface area contributed by atoms with Crippen molar-refractivity contribution in [1.82, 2.24) is 4.98 Å². The Bertz CT molecular complexity index is 588. The first-order valence-electron chi connectivity index (χ1n) is 5.78. The monoisotopic (exact) mass is 384 g/mol. The van der Waals surface area contributed by atoms with Crippen molar-refractivity contribution in [3.8, 4) is 5.75 Å². The number of hydrogen-bond acceptors (Lipinski definition) is 3. The van der Waals surface area contributed by atoms with Gasteiger partial charge in [-0.25, -0.2) is 0 Å². The summed E-state index contributed by atoms with van der Waals surface area (Å²) in [4.78, 5) is 4.12. The molecule has 0 radical (unpaired) electrons. The molecule has 0 saturated carbocycles. The zero-order valence-corrected chi connectivity index (χ0v) is 13.9. The van der Waals surface area contributed by atoms with Crippen molar-refractivity contribution in [2.45, 2.75) is 13.5 Å². The van der Waals surface area contributed by atoms with E-state index in [2.05, 4.69) is 49.1 Å². The molecule has 0 bridgehead atoms. The minimum absolute atomic E-state index is 0.674. The number of ether oxygens (including phenoxy) is 1. The first-order valence-corrected chi connectivity index (χ1v) is 7.37. The highest BCUT2D eigenvalue weighted by molar-refractivity contribution is 9.11. The van der Waals surface area contributed by atoms with Gasteiger partial charge in [-0.2, -0.15) is 0 Å². The predicted molar refractivity (Wildman–Crippen MR) is 84.7 cm³/mol. The molecule has 0 aliphatic heterocycles. The second kappa shape index (κ2) is 6.39. The highest BCUT2D eigenvalue weighted by Crippen LogP contribution is 2.33. The highest BCUT2D eigenvalue weighted by atomic mass is 79.9. The number of hydrogen-bond donors (Lipinski definition) is 1. The molecule has 0 amide bonds. The van der Waals surface area contributed by atoms with Crippen molar-refractivity contribution in [3.05, 3.63) is 50.7 Å². The van der Waals surface area contributed by atoms with Gasteiger partial charge >= 0.3 is 0 Å². The SMILES string of the molecule is COc1c(Br)cc(Br)cc1CNc1cnccc1C. The van der Waals surface area contributed by atoms with E-state index in [1.54, 1.807) is 13.3 Å². The van der Waals surface area contributed by atoms with Gasteiger partial charge in [-0.3, -0.25) is 4.98 Å². The zero-order chi connectivity index (χ0) is 13.8. The van der Waals surface area contributed by atoms with Crippen LogP contribution in [0, 0.1) is 6.92 Å². The van der Waals surface area contributed by atoms with Crippen LogP contribution in [0.2, 0.25) is 0 Å². The lowest BCUT2D eigenvalue weighted by Gasteiger charge is -2.13. The molecule has 0 spiro atoms. The first kappa shape index (κ1) is 14.3. The molecule has 3 nitrogen and oxygen atoms in total. The lowest BCUT2D eigenvalue weighted by molar-refractivity contribution is 0.407. The average Bonchev–Trinajstić information content (AvgIpc) is 2.37. The summed E-state index contributed by atoms with van der Waals surface area (Å²) in [6.07, 6.45) is 3.62. The van der Waals surface area contributed by atoms with Crippen LogP contribution >= 0.6 is 31.9 Å². The fraction of sp³-hybridized carbons (Fsp3) is 0.214. The van der Waals surface area contributed by atoms with Gasteiger partial charge in [-0.1, -0.05) is 15.9 Å². The molecular weight excluding hydrogens is 372 g/mol. The standard InChI is InChI=1S/C14H14Br2N2O/c1-9-3-4-17-8-13(9)18-7-10-5-11(15)6-12(16)14(10)19-2/h3-6,8,18H,7H2,1-2H3. The Balaban J connectivity index is 2.22. The number of nitrogens with one attached hydrogen (secondary N) is 1. The van der Waals surface area contributed by atoms with Gasteiger partial charge in [0.1, 0.15) is 5.75 Å². The Kier molecular flexibility index (Phi) is 4.82. The summed E-state index contributed by atoms with van der Waals surface area (Å²) in [5.74, 6) is 0.845. The molecule has 1 N–H and O–H groups in total. The van der Waals surface area contributed by atoms with Gasteiger partial charge in [0.15, 0.2) is 0 Å². The summed E-state index contributed by atoms with van der Waals surface area (Å²) in [6, 6.07) is 6.00. The molecule has 0 saturated heterocycles. The molecule has 0 fully saturated rings. The Hall–Kier alpha value is -1.07. The van der Waals surface area contributed by atoms with E-state index in [0.717, 1.165) is 25.9 Å². The third kappa shape index (κ3) is 3.48. The number of rotatable bonds is 4. The third-order valence-corrected chi connectivity index (χ3v) is 3.84. The van der Waals surface area contributed by atoms with E-state index in [-0.39, 0.29) is 0 Å². The molecule has 19 heavy (non-hydrogen) atoms. The van der Waals surface area contributed by atoms with Crippen LogP contribution in [0.1, 0.15) is 11.1 Å². The molecule has 1 heterocycles. The van der Waals surface area contributed by atoms with Gasteiger partial charge in [-0.15, -0.1) is 0 Å². The Morgan fingerprint density at radius 3 is 2.79 bits per heavy atom. The molecule has 100 valence electrons. The van der Waals surface area contributed by atoms with Gasteiger partial charge in [0.25, 0.3) is 0 Å². The lowest BCUT2D eigenvalue weighted by Crippen LogP contribution is -2.04. The van der Waals surface area contributed by atoms with Gasteiger partial charge in [0.05, 0.1) is 23.5 Å². The van der Waals surface area contributed by atoms with E-state index < -0.39 is 0 Å². The molecular formula is C14H14Br2N2O. The molecule has 2 rings (SSSR count). The zero-order valence-electron chi connectivity index (χ0n) is 10.7. The minimum Gasteiger partial charge on any atom is -0.495 e. The summed E-state index contributed by atoms with van der Waals surface area (Å²) in [5, 5.41) is 3.37. The van der Waals surface area contributed by atoms with Crippen LogP contribution < -0.4 is 10.1 Å². The maximum atomic E-state index is 5.43. The first-order chi connectivity index (χ1) is 9.11. The number of nitrogens with zero attached hydrogens (tertiary/aromatic N) is 1. The smallest absolute Gasteiger partial charge is 0.138 e. The number of benzene rings is 1. The van der Waals surface area contributed by atoms with Crippen LogP contribution in [0.3, 0.4) is 0 Å². The predicted octanol–water partition coefficient (Wildman–Crippen LogP) is 4.54. The number of aryl methyl sites for hydroxylation is 1. The van der Waals surface area contributed by atoms with E-state index in [0.29, 0.717) is 6.54 Å². The van der Waals surface area contributed by atoms with Crippen LogP contribution in [0.5, 0.6) is 5.75 Å². The number of halogens is 2. The Labute approximate surface area is 129 Å². The van der Waals surface area contributed by atoms with Crippen LogP contribution in [0.15, 0.2) is 39.5 Å². The summed E-state index contributed by atoms with van der Waals surface area (Å²) < 4.78 is 7.37. The van der Waals surface area contributed by atoms with Crippen molar-refractivity contribution >= 4 is 37.5 Å². The lowest BCUT2D eigenvalue weighted by atomic mass is 10.2. The Morgan fingerprint density at radius 1 is 1.32 bits per heavy atom. The number of pyridine rings is 1. The van der Waals surface area contributed by atoms with E-state index in [4.69, 9.17) is 4.74 Å². The second-order valence-electron chi connectivity index (χ2n) is 4.12. The summed E-state index contributed by atoms with van der Waals surface area (Å²) in [7, 11) is 1.67. The molecule has 2 aromatic rings. The molecule has 0 unspecified atom stereocenters. The maximum absolute atomic E-state index is 5.43. The molecule has 0 atom stereocenters. The molecule has 0 aliphatic carbocycles. The number of anilines is 1. The molecule has 1 aromatic heterocycles. The van der Waals surface area contributed by atoms with Crippen LogP contribution in [0.25, 0.3) is 0 Å². The molecule has 5 heteroatoms. The van der Waals surface area contributed by atoms with Crippen molar-refractivity contribution in [2.75, 3.05) is 12.4 Å². The third-order valence-electron chi connectivity index (χ3n) is 2.80. The topological polar surface area (TPSA) is 34.1 Å². The van der Waals surface area contributed by atoms with Crippen LogP contribution in [-0.4, -0.2) is 12.1 Å². The largest absolute Gasteiger partial charge is 0.495 e. The van der Waals surface area contributed by atoms with Gasteiger partial charge < -0.3 is 10.1 Å². The van der Waals surface area contributed by atoms with Crippen molar-refractivity contribution in [2.24, 2.45) is 0 Å². The average molecular weight is 386 g/mol. The molecule has 0 aliphatic rings. The summed E-state index contributed by atoms with van der Waals surface area (Å²) in [5.41, 5.74) is 3.27. The van der Waals surface area contributed by atoms with Crippen LogP contribution in [-0.2, 0) is 6.54 Å². The van der Waals surface area contributed by atoms with Crippen molar-refractivity contribution < 1.29 is 4.74 Å². The van der Waals surface area contributed by atoms with Crippen molar-refractivity contribution in [3.63, 3.8) is 0 Å². The normalized spacial score (nSPS) is 10.3. The van der Waals surface area contributed by atoms with Crippen molar-refractivity contribution in [1.29, 1.82) is 0 Å². The highest BCUT2D eigenvalue weighted by Gasteiger charge is 2.09. The van der Waals surface area contributed by atoms with E-state index >= 15 is 0 Å². The Morgan fingerprint density at radius 2 is 2.11 bits per heavy atom.